The van der Waals surface area contributed by atoms with E-state index < -0.39 is 7.14 Å². The van der Waals surface area contributed by atoms with Gasteiger partial charge in [0.25, 0.3) is 0 Å². The molecule has 0 saturated carbocycles. The topological polar surface area (TPSA) is 162 Å². The van der Waals surface area contributed by atoms with Gasteiger partial charge in [0.1, 0.15) is 18.0 Å². The lowest BCUT2D eigenvalue weighted by Crippen LogP contribution is -2.53. The molecule has 14 nitrogen and oxygen atoms in total. The zero-order chi connectivity index (χ0) is 44.2. The molecule has 2 aliphatic rings. The van der Waals surface area contributed by atoms with Crippen LogP contribution in [0.15, 0.2) is 66.9 Å². The first-order valence-corrected chi connectivity index (χ1v) is 24.2. The Labute approximate surface area is 371 Å². The Balaban J connectivity index is 0.962. The number of benzene rings is 3. The lowest BCUT2D eigenvalue weighted by atomic mass is 9.99. The third-order valence-electron chi connectivity index (χ3n) is 11.5. The average molecular weight is 880 g/mol. The van der Waals surface area contributed by atoms with E-state index in [-0.39, 0.29) is 18.2 Å². The van der Waals surface area contributed by atoms with Crippen LogP contribution in [0.25, 0.3) is 0 Å². The lowest BCUT2D eigenvalue weighted by molar-refractivity contribution is -0.125. The molecule has 2 saturated heterocycles. The quantitative estimate of drug-likeness (QED) is 0.0277. The van der Waals surface area contributed by atoms with Crippen LogP contribution in [-0.4, -0.2) is 129 Å². The van der Waals surface area contributed by atoms with Crippen LogP contribution in [0.3, 0.4) is 0 Å². The number of anilines is 6. The first kappa shape index (κ1) is 46.1. The number of carbonyl (C=O) groups excluding carboxylic acids is 2. The summed E-state index contributed by atoms with van der Waals surface area (Å²) in [7, 11) is 1.05. The summed E-state index contributed by atoms with van der Waals surface area (Å²) in [5.41, 5.74) is 6.51. The van der Waals surface area contributed by atoms with Crippen LogP contribution in [0.2, 0.25) is 5.02 Å². The van der Waals surface area contributed by atoms with Crippen molar-refractivity contribution in [3.8, 4) is 11.8 Å². The Hall–Kier alpha value is -5.45. The molecule has 3 heterocycles. The largest absolute Gasteiger partial charge is 0.388 e. The van der Waals surface area contributed by atoms with E-state index in [1.807, 2.05) is 49.5 Å². The van der Waals surface area contributed by atoms with E-state index in [4.69, 9.17) is 17.0 Å². The van der Waals surface area contributed by atoms with E-state index in [1.165, 1.54) is 11.3 Å². The number of para-hydroxylation sites is 1. The van der Waals surface area contributed by atoms with Gasteiger partial charge in [-0.3, -0.25) is 30.1 Å². The number of piperidine rings is 1. The van der Waals surface area contributed by atoms with E-state index in [0.29, 0.717) is 47.0 Å². The average Bonchev–Trinajstić information content (AvgIpc) is 3.28. The van der Waals surface area contributed by atoms with Crippen LogP contribution >= 0.6 is 18.7 Å². The second-order valence-corrected chi connectivity index (χ2v) is 19.7. The van der Waals surface area contributed by atoms with Crippen molar-refractivity contribution in [2.24, 2.45) is 0 Å². The lowest BCUT2D eigenvalue weighted by Gasteiger charge is -2.43. The number of nitrogens with one attached hydrogen (secondary N) is 5. The molecule has 0 unspecified atom stereocenters. The Kier molecular flexibility index (Phi) is 16.0. The van der Waals surface area contributed by atoms with Gasteiger partial charge in [-0.2, -0.15) is 4.98 Å². The molecule has 16 heteroatoms. The Morgan fingerprint density at radius 3 is 2.48 bits per heavy atom. The van der Waals surface area contributed by atoms with Crippen molar-refractivity contribution in [2.45, 2.75) is 45.1 Å². The fourth-order valence-electron chi connectivity index (χ4n) is 8.04. The summed E-state index contributed by atoms with van der Waals surface area (Å²) in [4.78, 5) is 40.8. The highest BCUT2D eigenvalue weighted by Gasteiger charge is 2.28. The Bertz CT molecular complexity index is 2330. The van der Waals surface area contributed by atoms with E-state index >= 15 is 0 Å². The number of aryl methyl sites for hydroxylation is 1. The van der Waals surface area contributed by atoms with Crippen molar-refractivity contribution in [1.82, 2.24) is 30.0 Å². The highest BCUT2D eigenvalue weighted by Crippen LogP contribution is 2.39. The summed E-state index contributed by atoms with van der Waals surface area (Å²) in [6.07, 6.45) is 5.99. The van der Waals surface area contributed by atoms with Gasteiger partial charge in [-0.25, -0.2) is 4.98 Å². The van der Waals surface area contributed by atoms with E-state index in [9.17, 15) is 14.2 Å². The number of halogens is 1. The maximum Gasteiger partial charge on any atom is 0.229 e. The van der Waals surface area contributed by atoms with Crippen molar-refractivity contribution in [2.75, 3.05) is 101 Å². The van der Waals surface area contributed by atoms with Crippen molar-refractivity contribution >= 4 is 76.7 Å². The third kappa shape index (κ3) is 12.1. The van der Waals surface area contributed by atoms with Gasteiger partial charge in [0.15, 0.2) is 5.82 Å². The Morgan fingerprint density at radius 2 is 1.77 bits per heavy atom. The van der Waals surface area contributed by atoms with Crippen molar-refractivity contribution < 1.29 is 14.2 Å². The molecule has 6 rings (SSSR count). The summed E-state index contributed by atoms with van der Waals surface area (Å²) >= 11 is 6.50. The fourth-order valence-corrected chi connectivity index (χ4v) is 9.33. The van der Waals surface area contributed by atoms with E-state index in [2.05, 4.69) is 82.9 Å². The molecule has 1 aromatic heterocycles. The van der Waals surface area contributed by atoms with Crippen molar-refractivity contribution in [3.05, 3.63) is 88.6 Å². The molecule has 62 heavy (non-hydrogen) atoms. The number of rotatable bonds is 16. The molecule has 0 aliphatic carbocycles. The number of carbonyl (C=O) groups is 2. The van der Waals surface area contributed by atoms with Gasteiger partial charge in [0.2, 0.25) is 18.3 Å². The minimum atomic E-state index is -2.53. The zero-order valence-electron chi connectivity index (χ0n) is 36.4. The van der Waals surface area contributed by atoms with Crippen molar-refractivity contribution in [1.29, 1.82) is 5.41 Å². The maximum atomic E-state index is 12.9. The summed E-state index contributed by atoms with van der Waals surface area (Å²) in [6, 6.07) is 20.4. The molecule has 5 N–H and O–H groups in total. The maximum absolute atomic E-state index is 12.9. The van der Waals surface area contributed by atoms with Crippen LogP contribution in [0.5, 0.6) is 0 Å². The third-order valence-corrected chi connectivity index (χ3v) is 13.4. The Morgan fingerprint density at radius 1 is 1.02 bits per heavy atom. The van der Waals surface area contributed by atoms with Crippen LogP contribution < -0.4 is 31.5 Å². The standard InChI is InChI=1S/C46H59ClN11O3P/c1-6-34-30-35(52-46-50-31-38(47)45(54-46)53-40-12-7-8-13-42(40)62(4,5)61)15-17-41(34)58-23-18-36(19-24-58)57-27-25-56(26-28-57)21-10-9-11-33-14-16-39(49-2)37(29-33)44(48)55(3)22-20-43(60)51-32-59/h7-8,12-17,29-32,36,48-49H,6,10,18-28H2,1-5H3,(H,51,59,60)(H2,50,52,53,54). The van der Waals surface area contributed by atoms with Crippen LogP contribution in [0, 0.1) is 17.3 Å². The molecule has 2 fully saturated rings. The number of amidine groups is 1. The number of hydrogen-bond acceptors (Lipinski definition) is 12. The number of amides is 2. The molecule has 2 amide bonds. The molecule has 0 spiro atoms. The number of nitrogens with zero attached hydrogens (tertiary/aromatic N) is 6. The SMILES string of the molecule is CCc1cc(Nc2ncc(Cl)c(Nc3ccccc3P(C)(C)=O)n2)ccc1N1CCC(N2CCN(CCC#Cc3ccc(NC)c(C(=N)N(C)CCC(=O)NC=O)c3)CC2)CC1. The predicted molar refractivity (Wildman–Crippen MR) is 254 cm³/mol. The van der Waals surface area contributed by atoms with Gasteiger partial charge in [-0.05, 0) is 86.7 Å². The molecule has 4 aromatic rings. The smallest absolute Gasteiger partial charge is 0.229 e. The molecule has 0 bridgehead atoms. The second kappa shape index (κ2) is 21.6. The first-order valence-electron chi connectivity index (χ1n) is 21.3. The second-order valence-electron chi connectivity index (χ2n) is 16.1. The molecule has 3 aromatic carbocycles. The molecule has 0 atom stereocenters. The van der Waals surface area contributed by atoms with Gasteiger partial charge >= 0.3 is 0 Å². The highest BCUT2D eigenvalue weighted by atomic mass is 35.5. The minimum Gasteiger partial charge on any atom is -0.388 e. The molecule has 2 aliphatic heterocycles. The van der Waals surface area contributed by atoms with E-state index in [0.717, 1.165) is 93.7 Å². The van der Waals surface area contributed by atoms with E-state index in [1.54, 1.807) is 31.5 Å². The fraction of sp³-hybridized carbons (Fsp3) is 0.413. The number of aromatic nitrogens is 2. The van der Waals surface area contributed by atoms with Gasteiger partial charge in [0.05, 0.1) is 11.9 Å². The number of hydrogen-bond donors (Lipinski definition) is 5. The van der Waals surface area contributed by atoms with Gasteiger partial charge in [-0.1, -0.05) is 42.5 Å². The van der Waals surface area contributed by atoms with Gasteiger partial charge in [0, 0.05) is 119 Å². The van der Waals surface area contributed by atoms with Crippen LogP contribution in [0.4, 0.5) is 34.5 Å². The van der Waals surface area contributed by atoms with Gasteiger partial charge in [-0.15, -0.1) is 0 Å². The summed E-state index contributed by atoms with van der Waals surface area (Å²) in [5.74, 6) is 7.40. The first-order chi connectivity index (χ1) is 29.9. The van der Waals surface area contributed by atoms with Gasteiger partial charge < -0.3 is 30.3 Å². The summed E-state index contributed by atoms with van der Waals surface area (Å²) in [5, 5.41) is 21.8. The molecular weight excluding hydrogens is 821 g/mol. The molecule has 0 radical (unpaired) electrons. The van der Waals surface area contributed by atoms with Crippen molar-refractivity contribution in [3.63, 3.8) is 0 Å². The predicted octanol–water partition coefficient (Wildman–Crippen LogP) is 6.42. The highest BCUT2D eigenvalue weighted by molar-refractivity contribution is 7.70. The monoisotopic (exact) mass is 879 g/mol. The minimum absolute atomic E-state index is 0.113. The van der Waals surface area contributed by atoms with Crippen LogP contribution in [0.1, 0.15) is 49.3 Å². The van der Waals surface area contributed by atoms with Crippen LogP contribution in [-0.2, 0) is 20.6 Å². The number of imide groups is 1. The number of piperazine rings is 1. The summed E-state index contributed by atoms with van der Waals surface area (Å²) < 4.78 is 12.9. The normalized spacial score (nSPS) is 15.0. The zero-order valence-corrected chi connectivity index (χ0v) is 38.1. The molecular formula is C46H59ClN11O3P. The summed E-state index contributed by atoms with van der Waals surface area (Å²) in [6.45, 7) is 13.2. The molecule has 328 valence electrons.